The van der Waals surface area contributed by atoms with Gasteiger partial charge in [-0.05, 0) is 31.5 Å². The van der Waals surface area contributed by atoms with E-state index in [1.807, 2.05) is 0 Å². The molecule has 2 N–H and O–H groups in total. The van der Waals surface area contributed by atoms with Crippen molar-refractivity contribution in [3.63, 3.8) is 0 Å². The maximum atomic E-state index is 12.6. The number of nitrogens with one attached hydrogen (secondary N) is 1. The number of carboxylic acid groups (broad SMARTS) is 1. The van der Waals surface area contributed by atoms with Gasteiger partial charge in [0, 0.05) is 10.8 Å². The Morgan fingerprint density at radius 3 is 2.74 bits per heavy atom. The van der Waals surface area contributed by atoms with E-state index >= 15 is 0 Å². The molecule has 31 heavy (non-hydrogen) atoms. The Hall–Kier alpha value is -3.19. The van der Waals surface area contributed by atoms with Crippen molar-refractivity contribution < 1.29 is 24.4 Å². The van der Waals surface area contributed by atoms with E-state index in [1.165, 1.54) is 34.9 Å². The van der Waals surface area contributed by atoms with Gasteiger partial charge in [0.1, 0.15) is 17.5 Å². The Kier molecular flexibility index (Phi) is 5.09. The van der Waals surface area contributed by atoms with Crippen molar-refractivity contribution in [1.82, 2.24) is 19.9 Å². The Bertz CT molecular complexity index is 1100. The van der Waals surface area contributed by atoms with E-state index in [9.17, 15) is 24.8 Å². The molecule has 4 rings (SSSR count). The van der Waals surface area contributed by atoms with Crippen LogP contribution in [0.3, 0.4) is 0 Å². The predicted octanol–water partition coefficient (Wildman–Crippen LogP) is 2.15. The molecule has 1 aromatic heterocycles. The number of rotatable bonds is 6. The summed E-state index contributed by atoms with van der Waals surface area (Å²) in [5.74, 6) is -1.66. The molecule has 2 aliphatic rings. The fourth-order valence-electron chi connectivity index (χ4n) is 3.52. The molecule has 0 spiro atoms. The lowest BCUT2D eigenvalue weighted by atomic mass is 9.96. The molecule has 14 heteroatoms. The molecule has 0 saturated carbocycles. The molecule has 1 amide bonds. The smallest absolute Gasteiger partial charge is 0.328 e. The number of nitro groups is 1. The van der Waals surface area contributed by atoms with Crippen LogP contribution in [-0.4, -0.2) is 64.0 Å². The highest BCUT2D eigenvalue weighted by atomic mass is 35.5. The van der Waals surface area contributed by atoms with Crippen LogP contribution < -0.4 is 10.1 Å². The molecule has 2 saturated heterocycles. The zero-order valence-corrected chi connectivity index (χ0v) is 17.6. The Labute approximate surface area is 184 Å². The summed E-state index contributed by atoms with van der Waals surface area (Å²) < 4.78 is 4.73. The third-order valence-electron chi connectivity index (χ3n) is 4.81. The third kappa shape index (κ3) is 3.70. The maximum Gasteiger partial charge on any atom is 0.328 e. The van der Waals surface area contributed by atoms with E-state index in [0.29, 0.717) is 0 Å². The van der Waals surface area contributed by atoms with Gasteiger partial charge in [-0.2, -0.15) is 15.0 Å². The van der Waals surface area contributed by atoms with Crippen molar-refractivity contribution in [2.45, 2.75) is 36.1 Å². The van der Waals surface area contributed by atoms with Crippen molar-refractivity contribution in [2.24, 2.45) is 0 Å². The van der Waals surface area contributed by atoms with Gasteiger partial charge < -0.3 is 20.1 Å². The standard InChI is InChI=1S/C17H15ClN6O6S/c1-17(2)10(13(26)27)23-11(25)9(12(23)31-17)19-15-20-14(18)21-16(22-15)30-8-6-4-3-5-7(8)24(28)29/h3-6,9-10,12H,1-2H3,(H,26,27)(H,19,20,21,22)/t9-,10+,12-/m1/s1. The number of para-hydroxylation sites is 2. The van der Waals surface area contributed by atoms with Crippen molar-refractivity contribution in [3.05, 3.63) is 39.7 Å². The number of carbonyl (C=O) groups is 2. The number of nitro benzene ring substituents is 1. The lowest BCUT2D eigenvalue weighted by Crippen LogP contribution is -2.68. The van der Waals surface area contributed by atoms with E-state index in [0.717, 1.165) is 0 Å². The minimum absolute atomic E-state index is 0.0798. The second-order valence-corrected chi connectivity index (χ2v) is 9.37. The van der Waals surface area contributed by atoms with Gasteiger partial charge in [-0.3, -0.25) is 14.9 Å². The fourth-order valence-corrected chi connectivity index (χ4v) is 5.30. The maximum absolute atomic E-state index is 12.6. The average molecular weight is 467 g/mol. The van der Waals surface area contributed by atoms with Crippen LogP contribution >= 0.6 is 23.4 Å². The van der Waals surface area contributed by atoms with Crippen LogP contribution in [0.1, 0.15) is 13.8 Å². The van der Waals surface area contributed by atoms with Crippen LogP contribution in [-0.2, 0) is 9.59 Å². The molecule has 162 valence electrons. The van der Waals surface area contributed by atoms with E-state index in [2.05, 4.69) is 20.3 Å². The SMILES string of the molecule is CC1(C)S[C@@H]2[C@H](Nc3nc(Cl)nc(Oc4ccccc4[N+](=O)[O-])n3)C(=O)N2[C@H]1C(=O)O. The van der Waals surface area contributed by atoms with Crippen LogP contribution in [0.5, 0.6) is 11.8 Å². The number of aromatic nitrogens is 3. The van der Waals surface area contributed by atoms with Gasteiger partial charge in [-0.25, -0.2) is 4.79 Å². The van der Waals surface area contributed by atoms with Crippen LogP contribution in [0, 0.1) is 10.1 Å². The second-order valence-electron chi connectivity index (χ2n) is 7.26. The molecule has 0 bridgehead atoms. The molecule has 2 aliphatic heterocycles. The van der Waals surface area contributed by atoms with Gasteiger partial charge in [-0.1, -0.05) is 12.1 Å². The van der Waals surface area contributed by atoms with Crippen molar-refractivity contribution in [2.75, 3.05) is 5.32 Å². The third-order valence-corrected chi connectivity index (χ3v) is 6.55. The van der Waals surface area contributed by atoms with Crippen LogP contribution in [0.4, 0.5) is 11.6 Å². The number of hydrogen-bond acceptors (Lipinski definition) is 10. The number of anilines is 1. The summed E-state index contributed by atoms with van der Waals surface area (Å²) in [6, 6.07) is 3.64. The lowest BCUT2D eigenvalue weighted by molar-refractivity contribution is -0.385. The molecule has 2 aromatic rings. The number of β-lactam (4-membered cyclic amide) rings is 1. The van der Waals surface area contributed by atoms with Crippen molar-refractivity contribution in [3.8, 4) is 11.8 Å². The summed E-state index contributed by atoms with van der Waals surface area (Å²) in [4.78, 5) is 47.8. The first-order valence-electron chi connectivity index (χ1n) is 8.90. The van der Waals surface area contributed by atoms with Gasteiger partial charge in [0.15, 0.2) is 0 Å². The summed E-state index contributed by atoms with van der Waals surface area (Å²) in [6.07, 6.45) is 0. The summed E-state index contributed by atoms with van der Waals surface area (Å²) in [5, 5.41) is 22.8. The molecular weight excluding hydrogens is 452 g/mol. The predicted molar refractivity (Wildman–Crippen MR) is 109 cm³/mol. The highest BCUT2D eigenvalue weighted by Gasteiger charge is 2.64. The molecular formula is C17H15ClN6O6S. The van der Waals surface area contributed by atoms with Gasteiger partial charge in [0.25, 0.3) is 0 Å². The number of nitrogens with zero attached hydrogens (tertiary/aromatic N) is 5. The van der Waals surface area contributed by atoms with E-state index < -0.39 is 39.0 Å². The first-order valence-corrected chi connectivity index (χ1v) is 10.2. The molecule has 0 unspecified atom stereocenters. The number of carbonyl (C=O) groups excluding carboxylic acids is 1. The summed E-state index contributed by atoms with van der Waals surface area (Å²) in [7, 11) is 0. The zero-order chi connectivity index (χ0) is 22.5. The number of amides is 1. The molecule has 0 radical (unpaired) electrons. The number of hydrogen-bond donors (Lipinski definition) is 2. The Balaban J connectivity index is 1.55. The van der Waals surface area contributed by atoms with E-state index in [4.69, 9.17) is 16.3 Å². The number of benzene rings is 1. The number of ether oxygens (including phenoxy) is 1. The van der Waals surface area contributed by atoms with Crippen LogP contribution in [0.2, 0.25) is 5.28 Å². The number of thioether (sulfide) groups is 1. The van der Waals surface area contributed by atoms with Gasteiger partial charge >= 0.3 is 17.7 Å². The lowest BCUT2D eigenvalue weighted by Gasteiger charge is -2.43. The number of halogens is 1. The summed E-state index contributed by atoms with van der Waals surface area (Å²) in [6.45, 7) is 3.52. The number of fused-ring (bicyclic) bond motifs is 1. The van der Waals surface area contributed by atoms with Gasteiger partial charge in [0.05, 0.1) is 4.92 Å². The zero-order valence-electron chi connectivity index (χ0n) is 16.1. The fraction of sp³-hybridized carbons (Fsp3) is 0.353. The normalized spacial score (nSPS) is 23.6. The topological polar surface area (TPSA) is 161 Å². The van der Waals surface area contributed by atoms with Crippen LogP contribution in [0.25, 0.3) is 0 Å². The van der Waals surface area contributed by atoms with Crippen molar-refractivity contribution in [1.29, 1.82) is 0 Å². The number of carboxylic acids is 1. The quantitative estimate of drug-likeness (QED) is 0.364. The molecule has 1 aromatic carbocycles. The Morgan fingerprint density at radius 2 is 2.06 bits per heavy atom. The van der Waals surface area contributed by atoms with E-state index in [-0.39, 0.29) is 28.7 Å². The summed E-state index contributed by atoms with van der Waals surface area (Å²) >= 11 is 7.28. The van der Waals surface area contributed by atoms with Crippen molar-refractivity contribution >= 4 is 46.9 Å². The molecule has 0 aliphatic carbocycles. The molecule has 2 fully saturated rings. The average Bonchev–Trinajstić information content (AvgIpc) is 2.94. The highest BCUT2D eigenvalue weighted by Crippen LogP contribution is 2.51. The first-order chi connectivity index (χ1) is 14.6. The highest BCUT2D eigenvalue weighted by molar-refractivity contribution is 8.01. The molecule has 3 heterocycles. The minimum atomic E-state index is -1.07. The molecule has 12 nitrogen and oxygen atoms in total. The second kappa shape index (κ2) is 7.50. The Morgan fingerprint density at radius 1 is 1.35 bits per heavy atom. The van der Waals surface area contributed by atoms with E-state index in [1.54, 1.807) is 19.9 Å². The van der Waals surface area contributed by atoms with Gasteiger partial charge in [-0.15, -0.1) is 11.8 Å². The summed E-state index contributed by atoms with van der Waals surface area (Å²) in [5.41, 5.74) is -0.289. The largest absolute Gasteiger partial charge is 0.480 e. The monoisotopic (exact) mass is 466 g/mol. The number of aliphatic carboxylic acids is 1. The minimum Gasteiger partial charge on any atom is -0.480 e. The van der Waals surface area contributed by atoms with Crippen LogP contribution in [0.15, 0.2) is 24.3 Å². The van der Waals surface area contributed by atoms with Gasteiger partial charge in [0.2, 0.25) is 22.9 Å². The molecule has 3 atom stereocenters. The first kappa shape index (κ1) is 21.1.